The van der Waals surface area contributed by atoms with Crippen molar-refractivity contribution < 1.29 is 0 Å². The number of benzene rings is 6. The predicted octanol–water partition coefficient (Wildman–Crippen LogP) is 14.1. The molecule has 1 heteroatoms. The predicted molar refractivity (Wildman–Crippen MR) is 239 cm³/mol. The Bertz CT molecular complexity index is 2140. The summed E-state index contributed by atoms with van der Waals surface area (Å²) in [6.07, 6.45) is 26.3. The van der Waals surface area contributed by atoms with Crippen LogP contribution in [0.1, 0.15) is 43.0 Å². The van der Waals surface area contributed by atoms with E-state index in [0.717, 1.165) is 24.1 Å². The molecule has 7 rings (SSSR count). The van der Waals surface area contributed by atoms with Gasteiger partial charge in [0.15, 0.2) is 0 Å². The van der Waals surface area contributed by atoms with Crippen LogP contribution in [0.15, 0.2) is 236 Å². The van der Waals surface area contributed by atoms with Gasteiger partial charge in [-0.1, -0.05) is 230 Å². The number of hydrogen-bond acceptors (Lipinski definition) is 1. The highest BCUT2D eigenvalue weighted by Gasteiger charge is 2.01. The van der Waals surface area contributed by atoms with E-state index in [2.05, 4.69) is 160 Å². The highest BCUT2D eigenvalue weighted by molar-refractivity contribution is 5.84. The van der Waals surface area contributed by atoms with Crippen molar-refractivity contribution in [3.63, 3.8) is 0 Å². The molecule has 1 aliphatic rings. The zero-order valence-corrected chi connectivity index (χ0v) is 32.0. The van der Waals surface area contributed by atoms with Crippen molar-refractivity contribution >= 4 is 27.2 Å². The van der Waals surface area contributed by atoms with Gasteiger partial charge in [0, 0.05) is 5.70 Å². The Labute approximate surface area is 323 Å². The Morgan fingerprint density at radius 3 is 1.41 bits per heavy atom. The van der Waals surface area contributed by atoms with E-state index in [9.17, 15) is 0 Å². The summed E-state index contributed by atoms with van der Waals surface area (Å²) in [6.45, 7) is 9.43. The number of hydrogen-bond donors (Lipinski definition) is 1. The van der Waals surface area contributed by atoms with Gasteiger partial charge in [0.1, 0.15) is 0 Å². The summed E-state index contributed by atoms with van der Waals surface area (Å²) in [5.74, 6) is 0. The fraction of sp³-hybridized carbons (Fsp3) is 0.0943. The number of fused-ring (bicyclic) bond motifs is 2. The summed E-state index contributed by atoms with van der Waals surface area (Å²) >= 11 is 0. The molecule has 0 fully saturated rings. The van der Waals surface area contributed by atoms with Crippen LogP contribution in [0.5, 0.6) is 0 Å². The van der Waals surface area contributed by atoms with Crippen LogP contribution in [0, 0.1) is 0 Å². The van der Waals surface area contributed by atoms with Crippen LogP contribution in [0.4, 0.5) is 0 Å². The molecular formula is C53H53N. The first-order valence-corrected chi connectivity index (χ1v) is 18.6. The van der Waals surface area contributed by atoms with E-state index in [0.29, 0.717) is 0 Å². The Balaban J connectivity index is 0.000000178. The summed E-state index contributed by atoms with van der Waals surface area (Å²) in [5.41, 5.74) is 14.4. The smallest absolute Gasteiger partial charge is 0.0350 e. The Morgan fingerprint density at radius 1 is 0.500 bits per heavy atom. The minimum atomic E-state index is 0.837. The Hall–Kier alpha value is -6.44. The molecule has 0 amide bonds. The number of nitrogens with two attached hydrogens (primary N) is 1. The van der Waals surface area contributed by atoms with Crippen LogP contribution in [-0.2, 0) is 12.8 Å². The minimum Gasteiger partial charge on any atom is -0.398 e. The largest absolute Gasteiger partial charge is 0.398 e. The van der Waals surface area contributed by atoms with Crippen molar-refractivity contribution in [3.8, 4) is 0 Å². The van der Waals surface area contributed by atoms with Crippen LogP contribution >= 0.6 is 0 Å². The molecule has 0 unspecified atom stereocenters. The molecule has 0 atom stereocenters. The fourth-order valence-corrected chi connectivity index (χ4v) is 5.59. The second-order valence-corrected chi connectivity index (χ2v) is 13.0. The van der Waals surface area contributed by atoms with Crippen molar-refractivity contribution in [1.82, 2.24) is 0 Å². The number of rotatable bonds is 5. The molecule has 270 valence electrons. The Morgan fingerprint density at radius 2 is 0.926 bits per heavy atom. The highest BCUT2D eigenvalue weighted by Crippen LogP contribution is 2.21. The van der Waals surface area contributed by atoms with E-state index in [-0.39, 0.29) is 0 Å². The second-order valence-electron chi connectivity index (χ2n) is 13.0. The molecular weight excluding hydrogens is 651 g/mol. The first kappa shape index (κ1) is 40.3. The van der Waals surface area contributed by atoms with Crippen LogP contribution in [-0.4, -0.2) is 0 Å². The van der Waals surface area contributed by atoms with E-state index >= 15 is 0 Å². The van der Waals surface area contributed by atoms with Gasteiger partial charge < -0.3 is 5.73 Å². The van der Waals surface area contributed by atoms with E-state index in [1.807, 2.05) is 79.8 Å². The summed E-state index contributed by atoms with van der Waals surface area (Å²) < 4.78 is 0. The molecule has 6 aromatic rings. The van der Waals surface area contributed by atoms with Gasteiger partial charge in [-0.15, -0.1) is 6.58 Å². The zero-order chi connectivity index (χ0) is 38.2. The number of allylic oxidation sites excluding steroid dienone is 14. The maximum Gasteiger partial charge on any atom is 0.0350 e. The quantitative estimate of drug-likeness (QED) is 0.178. The molecule has 0 saturated heterocycles. The van der Waals surface area contributed by atoms with Gasteiger partial charge in [-0.05, 0) is 77.4 Å². The van der Waals surface area contributed by atoms with Gasteiger partial charge >= 0.3 is 0 Å². The van der Waals surface area contributed by atoms with Gasteiger partial charge in [0.25, 0.3) is 0 Å². The molecule has 0 radical (unpaired) electrons. The Kier molecular flexibility index (Phi) is 17.3. The molecule has 2 N–H and O–H groups in total. The van der Waals surface area contributed by atoms with Crippen LogP contribution in [0.2, 0.25) is 0 Å². The lowest BCUT2D eigenvalue weighted by Gasteiger charge is -2.06. The molecule has 6 aromatic carbocycles. The van der Waals surface area contributed by atoms with E-state index < -0.39 is 0 Å². The lowest BCUT2D eigenvalue weighted by Crippen LogP contribution is -1.96. The second kappa shape index (κ2) is 23.2. The van der Waals surface area contributed by atoms with Crippen LogP contribution in [0.25, 0.3) is 27.2 Å². The van der Waals surface area contributed by atoms with Crippen LogP contribution in [0.3, 0.4) is 0 Å². The average molecular weight is 704 g/mol. The molecule has 54 heavy (non-hydrogen) atoms. The van der Waals surface area contributed by atoms with Gasteiger partial charge in [-0.2, -0.15) is 0 Å². The average Bonchev–Trinajstić information content (AvgIpc) is 3.21. The minimum absolute atomic E-state index is 0.837. The molecule has 0 bridgehead atoms. The van der Waals surface area contributed by atoms with E-state index in [4.69, 9.17) is 5.73 Å². The van der Waals surface area contributed by atoms with Crippen molar-refractivity contribution in [2.24, 2.45) is 5.73 Å². The molecule has 0 heterocycles. The van der Waals surface area contributed by atoms with Crippen molar-refractivity contribution in [3.05, 3.63) is 258 Å². The third-order valence-electron chi connectivity index (χ3n) is 8.42. The summed E-state index contributed by atoms with van der Waals surface area (Å²) in [4.78, 5) is 0. The highest BCUT2D eigenvalue weighted by atomic mass is 14.6. The fourth-order valence-electron chi connectivity index (χ4n) is 5.59. The monoisotopic (exact) mass is 703 g/mol. The third-order valence-corrected chi connectivity index (χ3v) is 8.42. The first-order valence-electron chi connectivity index (χ1n) is 18.6. The molecule has 1 nitrogen and oxygen atoms in total. The van der Waals surface area contributed by atoms with Gasteiger partial charge in [0.2, 0.25) is 0 Å². The normalized spacial score (nSPS) is 16.6. The topological polar surface area (TPSA) is 26.0 Å². The SMILES string of the molecule is C=CC.CC1=C/C=C/C=C/C=C(C)\C=C/C=C\1.N/C(=C\Cc1ccccc1)c1ccccc1.c1ccc2cc(Cc3ccc4ccccc4c3)ccc2c1. The summed E-state index contributed by atoms with van der Waals surface area (Å²) in [6, 6.07) is 50.9. The van der Waals surface area contributed by atoms with Crippen LogP contribution < -0.4 is 5.73 Å². The van der Waals surface area contributed by atoms with Crippen molar-refractivity contribution in [2.75, 3.05) is 0 Å². The maximum atomic E-state index is 6.00. The van der Waals surface area contributed by atoms with Gasteiger partial charge in [-0.3, -0.25) is 0 Å². The summed E-state index contributed by atoms with van der Waals surface area (Å²) in [5, 5.41) is 5.24. The standard InChI is InChI=1S/C21H16.C15H15N.C14H16.C3H6/c1-3-7-20-14-16(9-11-18(20)5-1)13-17-10-12-19-6-2-4-8-21(19)15-17;16-15(14-9-5-2-6-10-14)12-11-13-7-3-1-4-8-13;1-13-9-5-3-4-6-10-14(2)12-8-7-11-13;1-3-2/h1-12,14-15H,13H2;1-10,12H,11,16H2;3-12H,1-2H3;3H,1H2,2H3/b;15-12-;4-3?,5-3+,6-4+,8-7?,9-5?,10-6?,11-7-,12-8-,13-9-,13-11?,14-10-,14-12?;. The summed E-state index contributed by atoms with van der Waals surface area (Å²) in [7, 11) is 0. The van der Waals surface area contributed by atoms with Gasteiger partial charge in [0.05, 0.1) is 0 Å². The molecule has 1 aliphatic carbocycles. The zero-order valence-electron chi connectivity index (χ0n) is 32.0. The lowest BCUT2D eigenvalue weighted by atomic mass is 9.99. The molecule has 0 aromatic heterocycles. The van der Waals surface area contributed by atoms with Crippen molar-refractivity contribution in [2.45, 2.75) is 33.6 Å². The van der Waals surface area contributed by atoms with Crippen molar-refractivity contribution in [1.29, 1.82) is 0 Å². The molecule has 0 saturated carbocycles. The maximum absolute atomic E-state index is 6.00. The van der Waals surface area contributed by atoms with E-state index in [1.54, 1.807) is 6.08 Å². The van der Waals surface area contributed by atoms with E-state index in [1.165, 1.54) is 49.4 Å². The lowest BCUT2D eigenvalue weighted by molar-refractivity contribution is 1.21. The van der Waals surface area contributed by atoms with Gasteiger partial charge in [-0.25, -0.2) is 0 Å². The molecule has 0 spiro atoms. The first-order chi connectivity index (χ1) is 26.4. The molecule has 0 aliphatic heterocycles. The third kappa shape index (κ3) is 14.7.